The molecular formula is C10H20N2O5. The van der Waals surface area contributed by atoms with Crippen molar-refractivity contribution in [3.05, 3.63) is 0 Å². The number of carbonyl (C=O) groups excluding carboxylic acids is 1. The zero-order chi connectivity index (χ0) is 13.3. The molecule has 7 nitrogen and oxygen atoms in total. The molecule has 0 fully saturated rings. The number of carboxylic acids is 1. The normalized spacial score (nSPS) is 11.9. The number of aliphatic hydroxyl groups excluding tert-OH is 1. The van der Waals surface area contributed by atoms with Gasteiger partial charge >= 0.3 is 12.0 Å². The van der Waals surface area contributed by atoms with Gasteiger partial charge in [-0.1, -0.05) is 0 Å². The van der Waals surface area contributed by atoms with Gasteiger partial charge in [0.25, 0.3) is 0 Å². The van der Waals surface area contributed by atoms with Crippen LogP contribution in [0.3, 0.4) is 0 Å². The van der Waals surface area contributed by atoms with Crippen LogP contribution in [0.25, 0.3) is 0 Å². The highest BCUT2D eigenvalue weighted by Crippen LogP contribution is 1.91. The van der Waals surface area contributed by atoms with E-state index < -0.39 is 12.1 Å². The number of carboxylic acid groups (broad SMARTS) is 1. The third-order valence-corrected chi connectivity index (χ3v) is 2.10. The number of rotatable bonds is 8. The van der Waals surface area contributed by atoms with Gasteiger partial charge < -0.3 is 25.2 Å². The highest BCUT2D eigenvalue weighted by Gasteiger charge is 2.13. The first-order chi connectivity index (χ1) is 7.99. The minimum Gasteiger partial charge on any atom is -0.479 e. The van der Waals surface area contributed by atoms with E-state index in [1.54, 1.807) is 7.05 Å². The molecule has 0 aliphatic carbocycles. The molecule has 0 aliphatic heterocycles. The molecule has 2 amide bonds. The predicted molar refractivity (Wildman–Crippen MR) is 60.8 cm³/mol. The Hall–Kier alpha value is -1.34. The molecule has 17 heavy (non-hydrogen) atoms. The van der Waals surface area contributed by atoms with E-state index in [4.69, 9.17) is 14.9 Å². The van der Waals surface area contributed by atoms with Gasteiger partial charge in [0.15, 0.2) is 6.10 Å². The number of amides is 2. The molecule has 7 heteroatoms. The molecule has 0 aromatic rings. The summed E-state index contributed by atoms with van der Waals surface area (Å²) in [6.07, 6.45) is -1.45. The number of nitrogens with one attached hydrogen (secondary N) is 1. The third kappa shape index (κ3) is 7.53. The molecule has 0 aromatic carbocycles. The van der Waals surface area contributed by atoms with Crippen molar-refractivity contribution in [2.24, 2.45) is 0 Å². The van der Waals surface area contributed by atoms with Crippen molar-refractivity contribution >= 4 is 12.0 Å². The van der Waals surface area contributed by atoms with E-state index in [9.17, 15) is 9.59 Å². The van der Waals surface area contributed by atoms with Gasteiger partial charge in [-0.2, -0.15) is 0 Å². The number of ether oxygens (including phenoxy) is 1. The molecule has 0 bridgehead atoms. The highest BCUT2D eigenvalue weighted by atomic mass is 16.5. The van der Waals surface area contributed by atoms with E-state index in [1.807, 2.05) is 6.92 Å². The predicted octanol–water partition coefficient (Wildman–Crippen LogP) is -0.500. The van der Waals surface area contributed by atoms with Crippen molar-refractivity contribution in [1.29, 1.82) is 0 Å². The van der Waals surface area contributed by atoms with Gasteiger partial charge in [-0.15, -0.1) is 0 Å². The van der Waals surface area contributed by atoms with Crippen LogP contribution in [0.1, 0.15) is 13.3 Å². The maximum absolute atomic E-state index is 11.4. The van der Waals surface area contributed by atoms with Crippen LogP contribution in [0.5, 0.6) is 0 Å². The van der Waals surface area contributed by atoms with Crippen molar-refractivity contribution in [2.75, 3.05) is 33.4 Å². The molecule has 0 unspecified atom stereocenters. The Morgan fingerprint density at radius 2 is 2.12 bits per heavy atom. The minimum atomic E-state index is -1.44. The number of hydrogen-bond donors (Lipinski definition) is 3. The summed E-state index contributed by atoms with van der Waals surface area (Å²) in [4.78, 5) is 23.1. The SMILES string of the molecule is CCOCCN(C)C(=O)NCC[C@H](O)C(=O)O. The summed E-state index contributed by atoms with van der Waals surface area (Å²) in [5.41, 5.74) is 0. The van der Waals surface area contributed by atoms with E-state index in [1.165, 1.54) is 4.90 Å². The Labute approximate surface area is 100 Å². The van der Waals surface area contributed by atoms with Gasteiger partial charge in [-0.3, -0.25) is 0 Å². The number of aliphatic carboxylic acids is 1. The lowest BCUT2D eigenvalue weighted by Gasteiger charge is -2.18. The fourth-order valence-electron chi connectivity index (χ4n) is 1.02. The summed E-state index contributed by atoms with van der Waals surface area (Å²) >= 11 is 0. The monoisotopic (exact) mass is 248 g/mol. The fourth-order valence-corrected chi connectivity index (χ4v) is 1.02. The van der Waals surface area contributed by atoms with E-state index in [2.05, 4.69) is 5.32 Å². The van der Waals surface area contributed by atoms with Crippen LogP contribution in [0.2, 0.25) is 0 Å². The molecule has 0 spiro atoms. The Morgan fingerprint density at radius 1 is 1.47 bits per heavy atom. The van der Waals surface area contributed by atoms with Crippen molar-refractivity contribution < 1.29 is 24.5 Å². The summed E-state index contributed by atoms with van der Waals surface area (Å²) in [6.45, 7) is 3.50. The largest absolute Gasteiger partial charge is 0.479 e. The molecule has 0 rings (SSSR count). The van der Waals surface area contributed by atoms with Crippen molar-refractivity contribution in [3.63, 3.8) is 0 Å². The molecule has 0 aromatic heterocycles. The number of hydrogen-bond acceptors (Lipinski definition) is 4. The molecule has 1 atom stereocenters. The van der Waals surface area contributed by atoms with Gasteiger partial charge in [0, 0.05) is 33.2 Å². The summed E-state index contributed by atoms with van der Waals surface area (Å²) < 4.78 is 5.09. The van der Waals surface area contributed by atoms with E-state index >= 15 is 0 Å². The average Bonchev–Trinajstić information content (AvgIpc) is 2.28. The molecule has 0 saturated carbocycles. The second-order valence-electron chi connectivity index (χ2n) is 3.49. The Morgan fingerprint density at radius 3 is 2.65 bits per heavy atom. The van der Waals surface area contributed by atoms with Crippen LogP contribution in [0.4, 0.5) is 4.79 Å². The van der Waals surface area contributed by atoms with Gasteiger partial charge in [-0.25, -0.2) is 9.59 Å². The van der Waals surface area contributed by atoms with Gasteiger partial charge in [0.2, 0.25) is 0 Å². The van der Waals surface area contributed by atoms with Crippen LogP contribution in [-0.4, -0.2) is 66.6 Å². The summed E-state index contributed by atoms with van der Waals surface area (Å²) in [5.74, 6) is -1.29. The third-order valence-electron chi connectivity index (χ3n) is 2.10. The molecule has 0 heterocycles. The molecule has 100 valence electrons. The van der Waals surface area contributed by atoms with Crippen LogP contribution >= 0.6 is 0 Å². The van der Waals surface area contributed by atoms with E-state index in [0.29, 0.717) is 19.8 Å². The lowest BCUT2D eigenvalue weighted by atomic mass is 10.2. The fraction of sp³-hybridized carbons (Fsp3) is 0.800. The number of likely N-dealkylation sites (N-methyl/N-ethyl adjacent to an activating group) is 1. The van der Waals surface area contributed by atoms with Crippen LogP contribution in [-0.2, 0) is 9.53 Å². The summed E-state index contributed by atoms with van der Waals surface area (Å²) in [7, 11) is 1.61. The zero-order valence-electron chi connectivity index (χ0n) is 10.2. The quantitative estimate of drug-likeness (QED) is 0.503. The lowest BCUT2D eigenvalue weighted by Crippen LogP contribution is -2.40. The molecule has 0 aliphatic rings. The molecule has 0 radical (unpaired) electrons. The Balaban J connectivity index is 3.67. The first kappa shape index (κ1) is 15.7. The number of carbonyl (C=O) groups is 2. The smallest absolute Gasteiger partial charge is 0.332 e. The maximum Gasteiger partial charge on any atom is 0.332 e. The maximum atomic E-state index is 11.4. The van der Waals surface area contributed by atoms with Crippen molar-refractivity contribution in [1.82, 2.24) is 10.2 Å². The van der Waals surface area contributed by atoms with E-state index in [-0.39, 0.29) is 19.0 Å². The average molecular weight is 248 g/mol. The lowest BCUT2D eigenvalue weighted by molar-refractivity contribution is -0.146. The van der Waals surface area contributed by atoms with Gasteiger partial charge in [0.1, 0.15) is 0 Å². The van der Waals surface area contributed by atoms with Crippen molar-refractivity contribution in [3.8, 4) is 0 Å². The number of nitrogens with zero attached hydrogens (tertiary/aromatic N) is 1. The first-order valence-corrected chi connectivity index (χ1v) is 5.46. The van der Waals surface area contributed by atoms with Gasteiger partial charge in [-0.05, 0) is 6.92 Å². The van der Waals surface area contributed by atoms with Crippen molar-refractivity contribution in [2.45, 2.75) is 19.4 Å². The van der Waals surface area contributed by atoms with Crippen LogP contribution < -0.4 is 5.32 Å². The summed E-state index contributed by atoms with van der Waals surface area (Å²) in [5, 5.41) is 19.9. The first-order valence-electron chi connectivity index (χ1n) is 5.46. The second kappa shape index (κ2) is 8.77. The Bertz CT molecular complexity index is 247. The van der Waals surface area contributed by atoms with Crippen LogP contribution in [0.15, 0.2) is 0 Å². The number of aliphatic hydroxyl groups is 1. The Kier molecular flexibility index (Phi) is 8.08. The number of urea groups is 1. The standard InChI is InChI=1S/C10H20N2O5/c1-3-17-7-6-12(2)10(16)11-5-4-8(13)9(14)15/h8,13H,3-7H2,1-2H3,(H,11,16)(H,14,15)/t8-/m0/s1. The second-order valence-corrected chi connectivity index (χ2v) is 3.49. The minimum absolute atomic E-state index is 0.0135. The highest BCUT2D eigenvalue weighted by molar-refractivity contribution is 5.74. The zero-order valence-corrected chi connectivity index (χ0v) is 10.2. The van der Waals surface area contributed by atoms with Crippen LogP contribution in [0, 0.1) is 0 Å². The topological polar surface area (TPSA) is 99.1 Å². The summed E-state index contributed by atoms with van der Waals surface area (Å²) in [6, 6.07) is -0.317. The molecular weight excluding hydrogens is 228 g/mol. The van der Waals surface area contributed by atoms with E-state index in [0.717, 1.165) is 0 Å². The molecule has 3 N–H and O–H groups in total. The molecule has 0 saturated heterocycles. The van der Waals surface area contributed by atoms with Gasteiger partial charge in [0.05, 0.1) is 6.61 Å².